The molecular weight excluding hydrogens is 408 g/mol. The van der Waals surface area contributed by atoms with Crippen LogP contribution in [-0.4, -0.2) is 37.1 Å². The molecule has 1 aliphatic heterocycles. The molecule has 5 nitrogen and oxygen atoms in total. The van der Waals surface area contributed by atoms with E-state index in [4.69, 9.17) is 0 Å². The summed E-state index contributed by atoms with van der Waals surface area (Å²) in [5, 5.41) is 10.7. The molecule has 27 heavy (non-hydrogen) atoms. The number of hydrogen-bond donors (Lipinski definition) is 1. The van der Waals surface area contributed by atoms with Crippen molar-refractivity contribution in [1.82, 2.24) is 0 Å². The molecule has 1 aliphatic rings. The molecule has 3 aromatic rings. The summed E-state index contributed by atoms with van der Waals surface area (Å²) in [6.45, 7) is 0.485. The number of carbonyl (C=O) groups is 2. The number of anilines is 2. The molecule has 6 heteroatoms. The number of nitrogens with zero attached hydrogens (tertiary/aromatic N) is 2. The quantitative estimate of drug-likeness (QED) is 0.646. The first-order valence-corrected chi connectivity index (χ1v) is 9.34. The van der Waals surface area contributed by atoms with Crippen molar-refractivity contribution in [2.45, 2.75) is 0 Å². The van der Waals surface area contributed by atoms with Gasteiger partial charge in [-0.3, -0.25) is 9.59 Å². The number of halogens is 1. The molecule has 0 atom stereocenters. The zero-order chi connectivity index (χ0) is 19.1. The first-order valence-electron chi connectivity index (χ1n) is 8.55. The van der Waals surface area contributed by atoms with Crippen molar-refractivity contribution in [1.29, 1.82) is 0 Å². The van der Waals surface area contributed by atoms with Crippen molar-refractivity contribution in [3.05, 3.63) is 70.2 Å². The number of likely N-dealkylation sites (N-methyl/N-ethyl adjacent to an activating group) is 1. The van der Waals surface area contributed by atoms with Gasteiger partial charge in [0.25, 0.3) is 11.8 Å². The van der Waals surface area contributed by atoms with Crippen molar-refractivity contribution < 1.29 is 14.7 Å². The van der Waals surface area contributed by atoms with Crippen molar-refractivity contribution in [3.63, 3.8) is 0 Å². The predicted octanol–water partition coefficient (Wildman–Crippen LogP) is 3.83. The van der Waals surface area contributed by atoms with Crippen LogP contribution in [0.15, 0.2) is 59.1 Å². The summed E-state index contributed by atoms with van der Waals surface area (Å²) in [5.41, 5.74) is 2.41. The van der Waals surface area contributed by atoms with Crippen LogP contribution in [0.2, 0.25) is 0 Å². The SMILES string of the molecule is CN(CCO)c1ccc2c3c(cccc13)C(=O)N(c1cccc(Br)c1)C2=O. The number of aliphatic hydroxyl groups excluding tert-OH is 1. The van der Waals surface area contributed by atoms with E-state index in [1.165, 1.54) is 4.90 Å². The maximum Gasteiger partial charge on any atom is 0.265 e. The predicted molar refractivity (Wildman–Crippen MR) is 110 cm³/mol. The van der Waals surface area contributed by atoms with E-state index >= 15 is 0 Å². The van der Waals surface area contributed by atoms with Gasteiger partial charge in [-0.05, 0) is 36.4 Å². The smallest absolute Gasteiger partial charge is 0.265 e. The summed E-state index contributed by atoms with van der Waals surface area (Å²) in [5.74, 6) is -0.670. The summed E-state index contributed by atoms with van der Waals surface area (Å²) in [4.78, 5) is 29.5. The summed E-state index contributed by atoms with van der Waals surface area (Å²) in [6.07, 6.45) is 0. The fourth-order valence-corrected chi connectivity index (χ4v) is 3.92. The van der Waals surface area contributed by atoms with Gasteiger partial charge in [-0.25, -0.2) is 4.90 Å². The van der Waals surface area contributed by atoms with Gasteiger partial charge in [0.15, 0.2) is 0 Å². The van der Waals surface area contributed by atoms with Gasteiger partial charge in [-0.2, -0.15) is 0 Å². The number of imide groups is 1. The molecule has 0 radical (unpaired) electrons. The molecule has 0 saturated carbocycles. The Morgan fingerprint density at radius 3 is 2.41 bits per heavy atom. The van der Waals surface area contributed by atoms with Crippen molar-refractivity contribution in [3.8, 4) is 0 Å². The molecule has 4 rings (SSSR count). The lowest BCUT2D eigenvalue weighted by Crippen LogP contribution is -2.40. The third-order valence-electron chi connectivity index (χ3n) is 4.80. The van der Waals surface area contributed by atoms with Crippen molar-refractivity contribution in [2.75, 3.05) is 30.0 Å². The minimum absolute atomic E-state index is 0.0218. The molecular formula is C21H17BrN2O3. The van der Waals surface area contributed by atoms with Gasteiger partial charge < -0.3 is 10.0 Å². The Morgan fingerprint density at radius 1 is 1.00 bits per heavy atom. The molecule has 0 saturated heterocycles. The Hall–Kier alpha value is -2.70. The Balaban J connectivity index is 1.93. The number of aliphatic hydroxyl groups is 1. The molecule has 0 aliphatic carbocycles. The van der Waals surface area contributed by atoms with E-state index in [1.54, 1.807) is 30.3 Å². The second-order valence-electron chi connectivity index (χ2n) is 6.43. The highest BCUT2D eigenvalue weighted by molar-refractivity contribution is 9.10. The molecule has 1 N–H and O–H groups in total. The zero-order valence-electron chi connectivity index (χ0n) is 14.6. The van der Waals surface area contributed by atoms with E-state index < -0.39 is 0 Å². The van der Waals surface area contributed by atoms with E-state index in [0.717, 1.165) is 15.5 Å². The molecule has 0 fully saturated rings. The molecule has 0 aromatic heterocycles. The molecule has 3 aromatic carbocycles. The number of benzene rings is 3. The highest BCUT2D eigenvalue weighted by Crippen LogP contribution is 2.37. The second-order valence-corrected chi connectivity index (χ2v) is 7.35. The fraction of sp³-hybridized carbons (Fsp3) is 0.143. The normalized spacial score (nSPS) is 13.4. The van der Waals surface area contributed by atoms with Crippen LogP contribution in [0, 0.1) is 0 Å². The van der Waals surface area contributed by atoms with Crippen LogP contribution in [0.3, 0.4) is 0 Å². The van der Waals surface area contributed by atoms with E-state index in [9.17, 15) is 14.7 Å². The highest BCUT2D eigenvalue weighted by Gasteiger charge is 2.34. The lowest BCUT2D eigenvalue weighted by atomic mass is 9.92. The third kappa shape index (κ3) is 2.81. The third-order valence-corrected chi connectivity index (χ3v) is 5.29. The largest absolute Gasteiger partial charge is 0.395 e. The van der Waals surface area contributed by atoms with Gasteiger partial charge in [-0.1, -0.05) is 34.1 Å². The lowest BCUT2D eigenvalue weighted by molar-refractivity contribution is 0.0893. The number of amides is 2. The summed E-state index contributed by atoms with van der Waals surface area (Å²) >= 11 is 3.39. The van der Waals surface area contributed by atoms with Gasteiger partial charge in [0.2, 0.25) is 0 Å². The van der Waals surface area contributed by atoms with Gasteiger partial charge >= 0.3 is 0 Å². The minimum atomic E-state index is -0.335. The highest BCUT2D eigenvalue weighted by atomic mass is 79.9. The number of carbonyl (C=O) groups excluding carboxylic acids is 2. The first kappa shape index (κ1) is 17.7. The van der Waals surface area contributed by atoms with E-state index in [2.05, 4.69) is 15.9 Å². The van der Waals surface area contributed by atoms with Gasteiger partial charge in [0.05, 0.1) is 12.3 Å². The van der Waals surface area contributed by atoms with Crippen molar-refractivity contribution in [2.24, 2.45) is 0 Å². The van der Waals surface area contributed by atoms with Crippen LogP contribution in [-0.2, 0) is 0 Å². The standard InChI is InChI=1S/C21H17BrN2O3/c1-23(10-11-25)18-9-8-17-19-15(18)6-3-7-16(19)20(26)24(21(17)27)14-5-2-4-13(22)12-14/h2-9,12,25H,10-11H2,1H3. The van der Waals surface area contributed by atoms with E-state index in [-0.39, 0.29) is 18.4 Å². The van der Waals surface area contributed by atoms with Crippen LogP contribution in [0.4, 0.5) is 11.4 Å². The maximum absolute atomic E-state index is 13.2. The van der Waals surface area contributed by atoms with Gasteiger partial charge in [0.1, 0.15) is 0 Å². The Morgan fingerprint density at radius 2 is 1.70 bits per heavy atom. The molecule has 2 amide bonds. The monoisotopic (exact) mass is 424 g/mol. The van der Waals surface area contributed by atoms with Crippen LogP contribution >= 0.6 is 15.9 Å². The van der Waals surface area contributed by atoms with Crippen LogP contribution in [0.5, 0.6) is 0 Å². The minimum Gasteiger partial charge on any atom is -0.395 e. The molecule has 136 valence electrons. The lowest BCUT2D eigenvalue weighted by Gasteiger charge is -2.29. The Bertz CT molecular complexity index is 1060. The Labute approximate surface area is 164 Å². The van der Waals surface area contributed by atoms with Crippen LogP contribution in [0.25, 0.3) is 10.8 Å². The summed E-state index contributed by atoms with van der Waals surface area (Å²) in [7, 11) is 1.88. The number of hydrogen-bond acceptors (Lipinski definition) is 4. The first-order chi connectivity index (χ1) is 13.0. The van der Waals surface area contributed by atoms with Gasteiger partial charge in [-0.15, -0.1) is 0 Å². The second kappa shape index (κ2) is 6.79. The number of rotatable bonds is 4. The van der Waals surface area contributed by atoms with E-state index in [0.29, 0.717) is 28.7 Å². The molecule has 0 unspecified atom stereocenters. The van der Waals surface area contributed by atoms with E-state index in [1.807, 2.05) is 36.2 Å². The fourth-order valence-electron chi connectivity index (χ4n) is 3.53. The van der Waals surface area contributed by atoms with Crippen LogP contribution in [0.1, 0.15) is 20.7 Å². The zero-order valence-corrected chi connectivity index (χ0v) is 16.2. The Kier molecular flexibility index (Phi) is 4.45. The average Bonchev–Trinajstić information content (AvgIpc) is 2.66. The maximum atomic E-state index is 13.2. The average molecular weight is 425 g/mol. The van der Waals surface area contributed by atoms with Crippen LogP contribution < -0.4 is 9.80 Å². The summed E-state index contributed by atoms with van der Waals surface area (Å²) in [6, 6.07) is 16.2. The molecule has 0 bridgehead atoms. The van der Waals surface area contributed by atoms with Gasteiger partial charge in [0, 0.05) is 45.7 Å². The topological polar surface area (TPSA) is 60.9 Å². The molecule has 0 spiro atoms. The molecule has 1 heterocycles. The summed E-state index contributed by atoms with van der Waals surface area (Å²) < 4.78 is 0.797. The van der Waals surface area contributed by atoms with Crippen molar-refractivity contribution >= 4 is 49.9 Å².